The lowest BCUT2D eigenvalue weighted by Gasteiger charge is -2.00. The molecule has 0 bridgehead atoms. The number of benzene rings is 1. The zero-order chi connectivity index (χ0) is 8.97. The third-order valence-corrected chi connectivity index (χ3v) is 1.67. The average Bonchev–Trinajstić information content (AvgIpc) is 2.05. The van der Waals surface area contributed by atoms with Gasteiger partial charge in [0.15, 0.2) is 5.78 Å². The number of carbonyl (C=O) groups excluding carboxylic acids is 1. The minimum atomic E-state index is -0.447. The number of para-hydroxylation sites is 1. The van der Waals surface area contributed by atoms with Crippen LogP contribution in [0.3, 0.4) is 0 Å². The maximum absolute atomic E-state index is 11.0. The normalized spacial score (nSPS) is 9.75. The van der Waals surface area contributed by atoms with E-state index < -0.39 is 8.69 Å². The van der Waals surface area contributed by atoms with Gasteiger partial charge in [0.1, 0.15) is 5.75 Å². The van der Waals surface area contributed by atoms with Crippen molar-refractivity contribution in [2.75, 3.05) is 0 Å². The minimum absolute atomic E-state index is 0.103. The predicted octanol–water partition coefficient (Wildman–Crippen LogP) is 2.47. The molecule has 4 heteroatoms. The molecule has 62 valence electrons. The van der Waals surface area contributed by atoms with Crippen molar-refractivity contribution in [3.8, 4) is 5.75 Å². The fourth-order valence-electron chi connectivity index (χ4n) is 0.877. The molecule has 0 saturated carbocycles. The Morgan fingerprint density at radius 1 is 1.42 bits per heavy atom. The van der Waals surface area contributed by atoms with Crippen LogP contribution in [0.15, 0.2) is 24.3 Å². The lowest BCUT2D eigenvalue weighted by molar-refractivity contribution is 0.101. The van der Waals surface area contributed by atoms with Crippen molar-refractivity contribution in [2.45, 2.75) is 6.92 Å². The quantitative estimate of drug-likeness (QED) is 0.532. The predicted molar refractivity (Wildman–Crippen MR) is 44.7 cm³/mol. The standard InChI is InChI=1S/C8H7O3P/c1-6(9)7-4-2-3-5-8(7)11-12-10/h2-5H,1H3. The lowest BCUT2D eigenvalue weighted by Crippen LogP contribution is -1.93. The molecule has 0 spiro atoms. The molecule has 0 heterocycles. The first-order valence-corrected chi connectivity index (χ1v) is 4.08. The molecule has 3 nitrogen and oxygen atoms in total. The van der Waals surface area contributed by atoms with E-state index in [0.717, 1.165) is 0 Å². The highest BCUT2D eigenvalue weighted by Gasteiger charge is 2.06. The van der Waals surface area contributed by atoms with Crippen LogP contribution in [0.5, 0.6) is 5.75 Å². The van der Waals surface area contributed by atoms with Crippen LogP contribution in [0.25, 0.3) is 0 Å². The topological polar surface area (TPSA) is 43.4 Å². The summed E-state index contributed by atoms with van der Waals surface area (Å²) >= 11 is 0. The Kier molecular flexibility index (Phi) is 2.94. The fraction of sp³-hybridized carbons (Fsp3) is 0.125. The number of ketones is 1. The highest BCUT2D eigenvalue weighted by atomic mass is 31.1. The molecule has 0 aliphatic rings. The van der Waals surface area contributed by atoms with Crippen LogP contribution < -0.4 is 4.52 Å². The van der Waals surface area contributed by atoms with Gasteiger partial charge in [-0.2, -0.15) is 0 Å². The van der Waals surface area contributed by atoms with E-state index in [2.05, 4.69) is 0 Å². The number of carbonyl (C=O) groups is 1. The van der Waals surface area contributed by atoms with E-state index in [0.29, 0.717) is 11.3 Å². The van der Waals surface area contributed by atoms with Gasteiger partial charge in [-0.05, 0) is 19.1 Å². The van der Waals surface area contributed by atoms with Crippen LogP contribution in [-0.2, 0) is 4.57 Å². The molecule has 0 N–H and O–H groups in total. The minimum Gasteiger partial charge on any atom is -0.407 e. The molecule has 0 aromatic heterocycles. The Labute approximate surface area is 71.6 Å². The summed E-state index contributed by atoms with van der Waals surface area (Å²) in [6.45, 7) is 1.43. The van der Waals surface area contributed by atoms with Crippen LogP contribution in [0.1, 0.15) is 17.3 Å². The highest BCUT2D eigenvalue weighted by Crippen LogP contribution is 2.21. The molecule has 0 saturated heterocycles. The van der Waals surface area contributed by atoms with Crippen molar-refractivity contribution in [2.24, 2.45) is 0 Å². The summed E-state index contributed by atoms with van der Waals surface area (Å²) in [4.78, 5) is 11.0. The molecule has 0 radical (unpaired) electrons. The second kappa shape index (κ2) is 3.98. The van der Waals surface area contributed by atoms with Gasteiger partial charge in [-0.3, -0.25) is 4.79 Å². The SMILES string of the molecule is CC(=O)c1ccccc1OP=O. The largest absolute Gasteiger partial charge is 0.407 e. The number of Topliss-reactive ketones (excluding diaryl/α,β-unsaturated/α-hetero) is 1. The third kappa shape index (κ3) is 1.89. The van der Waals surface area contributed by atoms with E-state index in [1.54, 1.807) is 24.3 Å². The van der Waals surface area contributed by atoms with Crippen LogP contribution >= 0.6 is 8.69 Å². The second-order valence-corrected chi connectivity index (χ2v) is 2.55. The van der Waals surface area contributed by atoms with Gasteiger partial charge in [-0.25, -0.2) is 4.57 Å². The van der Waals surface area contributed by atoms with Crippen molar-refractivity contribution in [3.63, 3.8) is 0 Å². The first-order valence-electron chi connectivity index (χ1n) is 3.35. The molecule has 0 unspecified atom stereocenters. The van der Waals surface area contributed by atoms with Crippen molar-refractivity contribution in [1.82, 2.24) is 0 Å². The van der Waals surface area contributed by atoms with E-state index in [4.69, 9.17) is 4.52 Å². The Bertz CT molecular complexity index is 309. The molecule has 1 aromatic carbocycles. The molecule has 1 rings (SSSR count). The molecule has 0 aliphatic carbocycles. The van der Waals surface area contributed by atoms with Crippen molar-refractivity contribution >= 4 is 14.5 Å². The van der Waals surface area contributed by atoms with Crippen LogP contribution in [0.2, 0.25) is 0 Å². The van der Waals surface area contributed by atoms with E-state index >= 15 is 0 Å². The number of hydrogen-bond donors (Lipinski definition) is 0. The van der Waals surface area contributed by atoms with Crippen molar-refractivity contribution < 1.29 is 13.9 Å². The van der Waals surface area contributed by atoms with E-state index in [1.807, 2.05) is 0 Å². The van der Waals surface area contributed by atoms with Crippen LogP contribution in [0, 0.1) is 0 Å². The van der Waals surface area contributed by atoms with Crippen LogP contribution in [-0.4, -0.2) is 5.78 Å². The molecule has 12 heavy (non-hydrogen) atoms. The smallest absolute Gasteiger partial charge is 0.395 e. The van der Waals surface area contributed by atoms with Gasteiger partial charge in [0.05, 0.1) is 5.56 Å². The van der Waals surface area contributed by atoms with Gasteiger partial charge in [0.2, 0.25) is 0 Å². The van der Waals surface area contributed by atoms with Crippen molar-refractivity contribution in [1.29, 1.82) is 0 Å². The summed E-state index contributed by atoms with van der Waals surface area (Å²) in [5, 5.41) is 0. The summed E-state index contributed by atoms with van der Waals surface area (Å²) in [7, 11) is -0.447. The Morgan fingerprint density at radius 3 is 2.67 bits per heavy atom. The summed E-state index contributed by atoms with van der Waals surface area (Å²) in [5.74, 6) is 0.246. The first-order chi connectivity index (χ1) is 5.75. The van der Waals surface area contributed by atoms with Gasteiger partial charge < -0.3 is 4.52 Å². The molecular formula is C8H7O3P. The molecule has 0 fully saturated rings. The summed E-state index contributed by atoms with van der Waals surface area (Å²) in [5.41, 5.74) is 0.445. The van der Waals surface area contributed by atoms with Gasteiger partial charge >= 0.3 is 8.69 Å². The molecule has 0 amide bonds. The van der Waals surface area contributed by atoms with E-state index in [1.165, 1.54) is 6.92 Å². The van der Waals surface area contributed by atoms with Gasteiger partial charge in [-0.15, -0.1) is 0 Å². The monoisotopic (exact) mass is 182 g/mol. The summed E-state index contributed by atoms with van der Waals surface area (Å²) in [6, 6.07) is 6.67. The van der Waals surface area contributed by atoms with E-state index in [9.17, 15) is 9.36 Å². The Balaban J connectivity index is 3.07. The summed E-state index contributed by atoms with van der Waals surface area (Å²) in [6.07, 6.45) is 0. The summed E-state index contributed by atoms with van der Waals surface area (Å²) < 4.78 is 14.8. The third-order valence-electron chi connectivity index (χ3n) is 1.40. The van der Waals surface area contributed by atoms with Crippen LogP contribution in [0.4, 0.5) is 0 Å². The maximum Gasteiger partial charge on any atom is 0.395 e. The van der Waals surface area contributed by atoms with Gasteiger partial charge in [0, 0.05) is 0 Å². The zero-order valence-corrected chi connectivity index (χ0v) is 7.38. The van der Waals surface area contributed by atoms with Gasteiger partial charge in [0.25, 0.3) is 0 Å². The Hall–Kier alpha value is -1.21. The maximum atomic E-state index is 11.0. The lowest BCUT2D eigenvalue weighted by atomic mass is 10.1. The molecular weight excluding hydrogens is 175 g/mol. The fourth-order valence-corrected chi connectivity index (χ4v) is 1.12. The second-order valence-electron chi connectivity index (χ2n) is 2.22. The van der Waals surface area contributed by atoms with E-state index in [-0.39, 0.29) is 5.78 Å². The molecule has 0 atom stereocenters. The molecule has 0 aliphatic heterocycles. The number of rotatable bonds is 3. The van der Waals surface area contributed by atoms with Crippen molar-refractivity contribution in [3.05, 3.63) is 29.8 Å². The zero-order valence-electron chi connectivity index (χ0n) is 6.48. The first kappa shape index (κ1) is 8.88. The Morgan fingerprint density at radius 2 is 2.08 bits per heavy atom. The van der Waals surface area contributed by atoms with Gasteiger partial charge in [-0.1, -0.05) is 12.1 Å². The molecule has 1 aromatic rings. The number of hydrogen-bond acceptors (Lipinski definition) is 3. The highest BCUT2D eigenvalue weighted by molar-refractivity contribution is 7.17. The average molecular weight is 182 g/mol.